The van der Waals surface area contributed by atoms with E-state index in [1.807, 2.05) is 19.9 Å². The SMILES string of the molecule is CCOP(=S)(OCC)SCSc1cc(Cl)ccc1Cl.O=C[C@H](O)[C@H](O)[C@H](O)CO. The molecule has 168 valence electrons. The average molecular weight is 527 g/mol. The minimum atomic E-state index is -2.23. The predicted octanol–water partition coefficient (Wildman–Crippen LogP) is 3.33. The molecule has 0 saturated heterocycles. The van der Waals surface area contributed by atoms with E-state index in [9.17, 15) is 4.79 Å². The number of hydrogen-bond acceptors (Lipinski definition) is 10. The van der Waals surface area contributed by atoms with Gasteiger partial charge in [-0.25, -0.2) is 0 Å². The zero-order valence-electron chi connectivity index (χ0n) is 15.8. The zero-order chi connectivity index (χ0) is 22.4. The molecule has 0 fully saturated rings. The lowest BCUT2D eigenvalue weighted by Crippen LogP contribution is -2.40. The number of halogens is 2. The van der Waals surface area contributed by atoms with E-state index in [0.29, 0.717) is 23.3 Å². The summed E-state index contributed by atoms with van der Waals surface area (Å²) in [6.07, 6.45) is -4.63. The highest BCUT2D eigenvalue weighted by Crippen LogP contribution is 2.62. The first-order chi connectivity index (χ1) is 13.6. The Morgan fingerprint density at radius 2 is 1.79 bits per heavy atom. The van der Waals surface area contributed by atoms with Gasteiger partial charge >= 0.3 is 0 Å². The molecular weight excluding hydrogens is 502 g/mol. The normalized spacial score (nSPS) is 14.5. The van der Waals surface area contributed by atoms with Crippen molar-refractivity contribution in [3.8, 4) is 0 Å². The lowest BCUT2D eigenvalue weighted by atomic mass is 10.1. The van der Waals surface area contributed by atoms with E-state index in [4.69, 9.17) is 64.5 Å². The van der Waals surface area contributed by atoms with Crippen LogP contribution in [0.5, 0.6) is 0 Å². The van der Waals surface area contributed by atoms with Crippen LogP contribution in [-0.2, 0) is 25.6 Å². The first-order valence-electron chi connectivity index (χ1n) is 8.35. The second kappa shape index (κ2) is 16.2. The van der Waals surface area contributed by atoms with Gasteiger partial charge in [0.2, 0.25) is 5.69 Å². The van der Waals surface area contributed by atoms with Gasteiger partial charge in [0.1, 0.15) is 18.3 Å². The smallest absolute Gasteiger partial charge is 0.248 e. The second-order valence-electron chi connectivity index (χ2n) is 5.12. The number of aldehydes is 1. The van der Waals surface area contributed by atoms with Crippen LogP contribution >= 0.6 is 52.0 Å². The molecule has 4 N–H and O–H groups in total. The van der Waals surface area contributed by atoms with Gasteiger partial charge in [0, 0.05) is 9.92 Å². The van der Waals surface area contributed by atoms with Gasteiger partial charge in [0.25, 0.3) is 0 Å². The minimum absolute atomic E-state index is 0.0869. The fraction of sp³-hybridized carbons (Fsp3) is 0.562. The molecule has 0 aliphatic carbocycles. The maximum absolute atomic E-state index is 9.76. The number of hydrogen-bond donors (Lipinski definition) is 4. The number of rotatable bonds is 12. The highest BCUT2D eigenvalue weighted by atomic mass is 35.5. The average Bonchev–Trinajstić information content (AvgIpc) is 2.69. The van der Waals surface area contributed by atoms with E-state index in [2.05, 4.69) is 0 Å². The minimum Gasteiger partial charge on any atom is -0.394 e. The van der Waals surface area contributed by atoms with Gasteiger partial charge in [0.05, 0.1) is 29.9 Å². The van der Waals surface area contributed by atoms with Gasteiger partial charge < -0.3 is 34.3 Å². The Kier molecular flexibility index (Phi) is 16.6. The van der Waals surface area contributed by atoms with Gasteiger partial charge in [-0.3, -0.25) is 0 Å². The third-order valence-corrected chi connectivity index (χ3v) is 10.8. The number of carbonyl (C=O) groups is 1. The molecule has 7 nitrogen and oxygen atoms in total. The lowest BCUT2D eigenvalue weighted by molar-refractivity contribution is -0.127. The molecule has 1 rings (SSSR count). The van der Waals surface area contributed by atoms with Crippen LogP contribution in [0.25, 0.3) is 0 Å². The van der Waals surface area contributed by atoms with Gasteiger partial charge in [-0.1, -0.05) is 34.6 Å². The molecule has 0 radical (unpaired) electrons. The Labute approximate surface area is 194 Å². The maximum Gasteiger partial charge on any atom is 0.248 e. The third-order valence-electron chi connectivity index (χ3n) is 2.96. The number of thioether (sulfide) groups is 1. The molecule has 3 atom stereocenters. The molecule has 0 aromatic heterocycles. The van der Waals surface area contributed by atoms with E-state index in [1.54, 1.807) is 23.9 Å². The van der Waals surface area contributed by atoms with Crippen molar-refractivity contribution in [2.75, 3.05) is 24.9 Å². The van der Waals surface area contributed by atoms with Gasteiger partial charge in [0.15, 0.2) is 6.29 Å². The molecule has 1 aromatic carbocycles. The van der Waals surface area contributed by atoms with Crippen LogP contribution < -0.4 is 0 Å². The Bertz CT molecular complexity index is 647. The van der Waals surface area contributed by atoms with Gasteiger partial charge in [-0.15, -0.1) is 11.8 Å². The van der Waals surface area contributed by atoms with Crippen LogP contribution in [0.1, 0.15) is 13.8 Å². The van der Waals surface area contributed by atoms with E-state index in [0.717, 1.165) is 9.98 Å². The summed E-state index contributed by atoms with van der Waals surface area (Å²) in [5.41, 5.74) is -2.23. The number of aliphatic hydroxyl groups excluding tert-OH is 4. The quantitative estimate of drug-likeness (QED) is 0.140. The van der Waals surface area contributed by atoms with Crippen molar-refractivity contribution in [1.29, 1.82) is 0 Å². The molecule has 0 bridgehead atoms. The van der Waals surface area contributed by atoms with Crippen molar-refractivity contribution in [2.24, 2.45) is 0 Å². The summed E-state index contributed by atoms with van der Waals surface area (Å²) in [4.78, 5) is 10.7. The predicted molar refractivity (Wildman–Crippen MR) is 123 cm³/mol. The molecule has 13 heteroatoms. The van der Waals surface area contributed by atoms with E-state index >= 15 is 0 Å². The standard InChI is InChI=1S/C11H15Cl2O2PS3.C5H10O5/c1-3-14-16(17,15-4-2)19-8-18-11-7-9(12)5-6-10(11)13;6-1-3(8)5(10)4(9)2-7/h5-7H,3-4,8H2,1-2H3;1,3-5,7-10H,2H2/t;3-,4+,5-/m.0/s1. The van der Waals surface area contributed by atoms with E-state index < -0.39 is 30.6 Å². The Morgan fingerprint density at radius 1 is 1.21 bits per heavy atom. The monoisotopic (exact) mass is 526 g/mol. The maximum atomic E-state index is 9.76. The molecule has 0 aliphatic heterocycles. The summed E-state index contributed by atoms with van der Waals surface area (Å²) < 4.78 is 11.1. The molecule has 0 saturated carbocycles. The van der Waals surface area contributed by atoms with Crippen molar-refractivity contribution in [2.45, 2.75) is 37.1 Å². The second-order valence-corrected chi connectivity index (χ2v) is 13.7. The fourth-order valence-corrected chi connectivity index (χ4v) is 9.12. The van der Waals surface area contributed by atoms with Crippen molar-refractivity contribution in [1.82, 2.24) is 0 Å². The molecule has 1 aromatic rings. The zero-order valence-corrected chi connectivity index (χ0v) is 20.7. The third kappa shape index (κ3) is 12.3. The first kappa shape index (κ1) is 29.6. The van der Waals surface area contributed by atoms with Crippen molar-refractivity contribution in [3.05, 3.63) is 28.2 Å². The van der Waals surface area contributed by atoms with Crippen LogP contribution in [0.3, 0.4) is 0 Å². The summed E-state index contributed by atoms with van der Waals surface area (Å²) in [6.45, 7) is 4.27. The summed E-state index contributed by atoms with van der Waals surface area (Å²) in [7, 11) is 0. The summed E-state index contributed by atoms with van der Waals surface area (Å²) in [5.74, 6) is 0. The van der Waals surface area contributed by atoms with Crippen molar-refractivity contribution < 1.29 is 34.3 Å². The number of carbonyl (C=O) groups excluding carboxylic acids is 1. The molecule has 0 unspecified atom stereocenters. The summed E-state index contributed by atoms with van der Waals surface area (Å²) in [5, 5.41) is 36.1. The Hall–Kier alpha value is 0.580. The molecule has 0 spiro atoms. The van der Waals surface area contributed by atoms with Crippen LogP contribution in [0.2, 0.25) is 10.0 Å². The molecule has 0 aliphatic rings. The van der Waals surface area contributed by atoms with E-state index in [-0.39, 0.29) is 6.29 Å². The lowest BCUT2D eigenvalue weighted by Gasteiger charge is -2.19. The van der Waals surface area contributed by atoms with Gasteiger partial charge in [-0.2, -0.15) is 0 Å². The van der Waals surface area contributed by atoms with Crippen LogP contribution in [0, 0.1) is 0 Å². The van der Waals surface area contributed by atoms with E-state index in [1.165, 1.54) is 11.4 Å². The van der Waals surface area contributed by atoms with Crippen molar-refractivity contribution >= 4 is 70.1 Å². The van der Waals surface area contributed by atoms with Crippen LogP contribution in [0.4, 0.5) is 0 Å². The van der Waals surface area contributed by atoms with Gasteiger partial charge in [-0.05, 0) is 43.9 Å². The van der Waals surface area contributed by atoms with Crippen LogP contribution in [0.15, 0.2) is 23.1 Å². The first-order valence-corrected chi connectivity index (χ1v) is 14.3. The summed E-state index contributed by atoms with van der Waals surface area (Å²) >= 11 is 20.6. The Balaban J connectivity index is 0.000000665. The van der Waals surface area contributed by atoms with Crippen molar-refractivity contribution in [3.63, 3.8) is 0 Å². The molecular formula is C16H25Cl2O7PS3. The topological polar surface area (TPSA) is 116 Å². The Morgan fingerprint density at radius 3 is 2.28 bits per heavy atom. The number of benzene rings is 1. The highest BCUT2D eigenvalue weighted by molar-refractivity contribution is 8.69. The molecule has 0 heterocycles. The highest BCUT2D eigenvalue weighted by Gasteiger charge is 2.23. The van der Waals surface area contributed by atoms with Crippen LogP contribution in [-0.4, -0.2) is 69.9 Å². The largest absolute Gasteiger partial charge is 0.394 e. The summed E-state index contributed by atoms with van der Waals surface area (Å²) in [6, 6.07) is 5.41. The molecule has 29 heavy (non-hydrogen) atoms. The number of aliphatic hydroxyl groups is 4. The fourth-order valence-electron chi connectivity index (χ4n) is 1.59. The molecule has 0 amide bonds.